The van der Waals surface area contributed by atoms with Crippen LogP contribution >= 0.6 is 11.6 Å². The quantitative estimate of drug-likeness (QED) is 0.232. The molecule has 0 aliphatic carbocycles. The van der Waals surface area contributed by atoms with Crippen LogP contribution in [0.4, 0.5) is 18.9 Å². The number of hydrogen-bond acceptors (Lipinski definition) is 5. The maximum absolute atomic E-state index is 12.9. The van der Waals surface area contributed by atoms with Gasteiger partial charge in [0, 0.05) is 23.4 Å². The van der Waals surface area contributed by atoms with Crippen molar-refractivity contribution in [3.8, 4) is 17.0 Å². The van der Waals surface area contributed by atoms with Crippen molar-refractivity contribution in [2.75, 3.05) is 18.5 Å². The number of ether oxygens (including phenoxy) is 1. The molecule has 0 unspecified atom stereocenters. The molecule has 0 aliphatic heterocycles. The SMILES string of the molecule is CC[C@H](C)[C@@H](COc1ccc(-c2ccc(C(F)(F)F)cc2Cl)nc1)Nc1ccc(C(=O)NCCC(=O)O)cc1. The lowest BCUT2D eigenvalue weighted by Gasteiger charge is -2.25. The average molecular weight is 564 g/mol. The smallest absolute Gasteiger partial charge is 0.416 e. The number of benzene rings is 2. The summed E-state index contributed by atoms with van der Waals surface area (Å²) in [5, 5.41) is 14.6. The van der Waals surface area contributed by atoms with Crippen LogP contribution in [-0.2, 0) is 11.0 Å². The highest BCUT2D eigenvalue weighted by atomic mass is 35.5. The van der Waals surface area contributed by atoms with E-state index in [0.717, 1.165) is 24.2 Å². The van der Waals surface area contributed by atoms with Gasteiger partial charge in [0.2, 0.25) is 0 Å². The maximum Gasteiger partial charge on any atom is 0.416 e. The van der Waals surface area contributed by atoms with Crippen LogP contribution in [0.15, 0.2) is 60.8 Å². The third-order valence-corrected chi connectivity index (χ3v) is 6.51. The standard InChI is InChI=1S/C28H29ClF3N3O4/c1-3-17(2)25(35-20-7-4-18(5-8-20)27(38)33-13-12-26(36)37)16-39-21-9-11-24(34-15-21)22-10-6-19(14-23(22)29)28(30,31)32/h4-11,14-15,17,25,35H,3,12-13,16H2,1-2H3,(H,33,38)(H,36,37)/t17-,25+/m0/s1. The Morgan fingerprint density at radius 3 is 2.38 bits per heavy atom. The molecule has 11 heteroatoms. The Balaban J connectivity index is 1.61. The number of carbonyl (C=O) groups is 2. The molecule has 0 bridgehead atoms. The van der Waals surface area contributed by atoms with Gasteiger partial charge in [-0.15, -0.1) is 0 Å². The number of carbonyl (C=O) groups excluding carboxylic acids is 1. The lowest BCUT2D eigenvalue weighted by molar-refractivity contribution is -0.138. The number of hydrogen-bond donors (Lipinski definition) is 3. The van der Waals surface area contributed by atoms with Gasteiger partial charge in [0.15, 0.2) is 0 Å². The number of aromatic nitrogens is 1. The summed E-state index contributed by atoms with van der Waals surface area (Å²) in [6.45, 7) is 4.51. The molecule has 39 heavy (non-hydrogen) atoms. The average Bonchev–Trinajstić information content (AvgIpc) is 2.90. The number of carboxylic acid groups (broad SMARTS) is 1. The van der Waals surface area contributed by atoms with Crippen LogP contribution in [0.3, 0.4) is 0 Å². The summed E-state index contributed by atoms with van der Waals surface area (Å²) in [6.07, 6.45) is -2.25. The highest BCUT2D eigenvalue weighted by Crippen LogP contribution is 2.35. The monoisotopic (exact) mass is 563 g/mol. The third-order valence-electron chi connectivity index (χ3n) is 6.19. The van der Waals surface area contributed by atoms with Gasteiger partial charge in [-0.25, -0.2) is 0 Å². The van der Waals surface area contributed by atoms with Crippen LogP contribution < -0.4 is 15.4 Å². The number of nitrogens with zero attached hydrogens (tertiary/aromatic N) is 1. The molecule has 2 atom stereocenters. The van der Waals surface area contributed by atoms with Crippen LogP contribution in [0.25, 0.3) is 11.3 Å². The summed E-state index contributed by atoms with van der Waals surface area (Å²) in [7, 11) is 0. The molecule has 1 amide bonds. The number of carboxylic acids is 1. The van der Waals surface area contributed by atoms with E-state index in [0.29, 0.717) is 29.2 Å². The molecule has 3 N–H and O–H groups in total. The second-order valence-electron chi connectivity index (χ2n) is 9.00. The third kappa shape index (κ3) is 8.61. The van der Waals surface area contributed by atoms with Crippen molar-refractivity contribution < 1.29 is 32.6 Å². The van der Waals surface area contributed by atoms with E-state index in [-0.39, 0.29) is 35.9 Å². The van der Waals surface area contributed by atoms with E-state index in [1.165, 1.54) is 12.3 Å². The molecule has 2 aromatic carbocycles. The fourth-order valence-electron chi connectivity index (χ4n) is 3.66. The molecule has 0 saturated heterocycles. The summed E-state index contributed by atoms with van der Waals surface area (Å²) in [4.78, 5) is 27.1. The molecule has 0 saturated carbocycles. The predicted molar refractivity (Wildman–Crippen MR) is 143 cm³/mol. The number of rotatable bonds is 12. The van der Waals surface area contributed by atoms with Crippen LogP contribution in [0, 0.1) is 5.92 Å². The number of aliphatic carboxylic acids is 1. The van der Waals surface area contributed by atoms with Crippen molar-refractivity contribution in [3.63, 3.8) is 0 Å². The zero-order valence-electron chi connectivity index (χ0n) is 21.4. The van der Waals surface area contributed by atoms with Gasteiger partial charge in [-0.05, 0) is 54.4 Å². The van der Waals surface area contributed by atoms with Crippen molar-refractivity contribution in [2.45, 2.75) is 38.9 Å². The predicted octanol–water partition coefficient (Wildman–Crippen LogP) is 6.53. The number of amides is 1. The van der Waals surface area contributed by atoms with Gasteiger partial charge in [0.05, 0.1) is 34.9 Å². The van der Waals surface area contributed by atoms with E-state index in [1.807, 2.05) is 0 Å². The van der Waals surface area contributed by atoms with E-state index in [1.54, 1.807) is 36.4 Å². The Bertz CT molecular complexity index is 1270. The molecule has 208 valence electrons. The van der Waals surface area contributed by atoms with Gasteiger partial charge < -0.3 is 20.5 Å². The van der Waals surface area contributed by atoms with Crippen molar-refractivity contribution in [3.05, 3.63) is 76.9 Å². The molecule has 0 radical (unpaired) electrons. The van der Waals surface area contributed by atoms with Gasteiger partial charge in [-0.3, -0.25) is 14.6 Å². The maximum atomic E-state index is 12.9. The van der Waals surface area contributed by atoms with Crippen molar-refractivity contribution in [2.24, 2.45) is 5.92 Å². The highest BCUT2D eigenvalue weighted by molar-refractivity contribution is 6.33. The molecule has 0 spiro atoms. The van der Waals surface area contributed by atoms with E-state index in [9.17, 15) is 22.8 Å². The minimum atomic E-state index is -4.48. The number of pyridine rings is 1. The largest absolute Gasteiger partial charge is 0.490 e. The van der Waals surface area contributed by atoms with E-state index in [2.05, 4.69) is 29.5 Å². The second kappa shape index (κ2) is 13.3. The molecule has 1 heterocycles. The van der Waals surface area contributed by atoms with Gasteiger partial charge >= 0.3 is 12.1 Å². The first-order valence-electron chi connectivity index (χ1n) is 12.3. The van der Waals surface area contributed by atoms with Crippen molar-refractivity contribution in [1.82, 2.24) is 10.3 Å². The van der Waals surface area contributed by atoms with Gasteiger partial charge in [-0.2, -0.15) is 13.2 Å². The van der Waals surface area contributed by atoms with Crippen molar-refractivity contribution >= 4 is 29.2 Å². The lowest BCUT2D eigenvalue weighted by Crippen LogP contribution is -2.33. The van der Waals surface area contributed by atoms with Gasteiger partial charge in [-0.1, -0.05) is 37.9 Å². The summed E-state index contributed by atoms with van der Waals surface area (Å²) in [5.74, 6) is -0.603. The molecule has 3 rings (SSSR count). The van der Waals surface area contributed by atoms with Crippen LogP contribution in [-0.4, -0.2) is 41.2 Å². The van der Waals surface area contributed by atoms with Crippen LogP contribution in [0.1, 0.15) is 42.6 Å². The molecule has 0 aliphatic rings. The summed E-state index contributed by atoms with van der Waals surface area (Å²) < 4.78 is 44.7. The van der Waals surface area contributed by atoms with E-state index >= 15 is 0 Å². The first-order valence-corrected chi connectivity index (χ1v) is 12.7. The van der Waals surface area contributed by atoms with Gasteiger partial charge in [0.1, 0.15) is 12.4 Å². The second-order valence-corrected chi connectivity index (χ2v) is 9.40. The molecule has 0 fully saturated rings. The number of nitrogens with one attached hydrogen (secondary N) is 2. The topological polar surface area (TPSA) is 101 Å². The molecule has 3 aromatic rings. The number of halogens is 4. The Morgan fingerprint density at radius 2 is 1.82 bits per heavy atom. The number of anilines is 1. The Kier molecular flexibility index (Phi) is 10.2. The van der Waals surface area contributed by atoms with Gasteiger partial charge in [0.25, 0.3) is 5.91 Å². The van der Waals surface area contributed by atoms with E-state index in [4.69, 9.17) is 21.4 Å². The lowest BCUT2D eigenvalue weighted by atomic mass is 9.99. The fourth-order valence-corrected chi connectivity index (χ4v) is 3.94. The molecule has 1 aromatic heterocycles. The Labute approximate surface area is 229 Å². The summed E-state index contributed by atoms with van der Waals surface area (Å²) >= 11 is 6.08. The Morgan fingerprint density at radius 1 is 1.10 bits per heavy atom. The van der Waals surface area contributed by atoms with Crippen LogP contribution in [0.5, 0.6) is 5.75 Å². The number of alkyl halides is 3. The van der Waals surface area contributed by atoms with Crippen LogP contribution in [0.2, 0.25) is 5.02 Å². The molecular formula is C28H29ClF3N3O4. The van der Waals surface area contributed by atoms with Crippen molar-refractivity contribution in [1.29, 1.82) is 0 Å². The molecular weight excluding hydrogens is 535 g/mol. The zero-order chi connectivity index (χ0) is 28.6. The first-order chi connectivity index (χ1) is 18.5. The fraction of sp³-hybridized carbons (Fsp3) is 0.321. The Hall–Kier alpha value is -3.79. The minimum Gasteiger partial charge on any atom is -0.490 e. The summed E-state index contributed by atoms with van der Waals surface area (Å²) in [5.41, 5.74) is 1.19. The normalized spacial score (nSPS) is 12.9. The minimum absolute atomic E-state index is 0.0456. The highest BCUT2D eigenvalue weighted by Gasteiger charge is 2.31. The summed E-state index contributed by atoms with van der Waals surface area (Å²) in [6, 6.07) is 13.2. The zero-order valence-corrected chi connectivity index (χ0v) is 22.1. The molecule has 7 nitrogen and oxygen atoms in total. The van der Waals surface area contributed by atoms with E-state index < -0.39 is 17.7 Å². The first kappa shape index (κ1) is 29.8.